The van der Waals surface area contributed by atoms with E-state index in [1.807, 2.05) is 38.2 Å². The maximum Gasteiger partial charge on any atom is 0.317 e. The number of carbonyl (C=O) groups is 1. The standard InChI is InChI=1S/C19H30N2O3/c1-15(16-8-7-9-17(12-16)24-4)21(2)18(22)20-13-19(14-23-3)10-5-6-11-19/h7-9,12,15H,5-6,10-11,13-14H2,1-4H3,(H,20,22)/t15-/m0/s1. The van der Waals surface area contributed by atoms with E-state index in [0.717, 1.165) is 24.2 Å². The van der Waals surface area contributed by atoms with Crippen LogP contribution in [0.5, 0.6) is 5.75 Å². The number of nitrogens with zero attached hydrogens (tertiary/aromatic N) is 1. The molecule has 2 rings (SSSR count). The first-order chi connectivity index (χ1) is 11.5. The number of ether oxygens (including phenoxy) is 2. The molecule has 1 atom stereocenters. The van der Waals surface area contributed by atoms with Crippen molar-refractivity contribution in [3.05, 3.63) is 29.8 Å². The first-order valence-electron chi connectivity index (χ1n) is 8.65. The normalized spacial score (nSPS) is 17.3. The summed E-state index contributed by atoms with van der Waals surface area (Å²) in [6.07, 6.45) is 4.68. The van der Waals surface area contributed by atoms with Crippen LogP contribution < -0.4 is 10.1 Å². The smallest absolute Gasteiger partial charge is 0.317 e. The number of benzene rings is 1. The van der Waals surface area contributed by atoms with Crippen LogP contribution in [0.3, 0.4) is 0 Å². The number of carbonyl (C=O) groups excluding carboxylic acids is 1. The largest absolute Gasteiger partial charge is 0.497 e. The van der Waals surface area contributed by atoms with E-state index in [1.54, 1.807) is 19.1 Å². The zero-order valence-corrected chi connectivity index (χ0v) is 15.3. The summed E-state index contributed by atoms with van der Waals surface area (Å²) in [6, 6.07) is 7.76. The highest BCUT2D eigenvalue weighted by Gasteiger charge is 2.34. The van der Waals surface area contributed by atoms with Crippen LogP contribution in [0.4, 0.5) is 4.79 Å². The van der Waals surface area contributed by atoms with Gasteiger partial charge < -0.3 is 19.7 Å². The molecule has 0 unspecified atom stereocenters. The molecular formula is C19H30N2O3. The van der Waals surface area contributed by atoms with E-state index < -0.39 is 0 Å². The lowest BCUT2D eigenvalue weighted by atomic mass is 9.87. The van der Waals surface area contributed by atoms with Crippen molar-refractivity contribution in [3.8, 4) is 5.75 Å². The van der Waals surface area contributed by atoms with Gasteiger partial charge >= 0.3 is 6.03 Å². The second-order valence-electron chi connectivity index (χ2n) is 6.86. The molecule has 24 heavy (non-hydrogen) atoms. The topological polar surface area (TPSA) is 50.8 Å². The van der Waals surface area contributed by atoms with Crippen LogP contribution in [0.15, 0.2) is 24.3 Å². The Kier molecular flexibility index (Phi) is 6.49. The fourth-order valence-corrected chi connectivity index (χ4v) is 3.49. The average Bonchev–Trinajstić information content (AvgIpc) is 3.07. The number of urea groups is 1. The van der Waals surface area contributed by atoms with E-state index in [-0.39, 0.29) is 17.5 Å². The minimum Gasteiger partial charge on any atom is -0.497 e. The zero-order valence-electron chi connectivity index (χ0n) is 15.3. The van der Waals surface area contributed by atoms with Crippen molar-refractivity contribution in [1.82, 2.24) is 10.2 Å². The molecule has 0 spiro atoms. The molecule has 5 heteroatoms. The number of hydrogen-bond donors (Lipinski definition) is 1. The predicted molar refractivity (Wildman–Crippen MR) is 95.3 cm³/mol. The van der Waals surface area contributed by atoms with Crippen LogP contribution in [-0.4, -0.2) is 45.3 Å². The third kappa shape index (κ3) is 4.41. The van der Waals surface area contributed by atoms with Gasteiger partial charge in [-0.1, -0.05) is 25.0 Å². The van der Waals surface area contributed by atoms with Crippen LogP contribution >= 0.6 is 0 Å². The summed E-state index contributed by atoms with van der Waals surface area (Å²) < 4.78 is 10.7. The summed E-state index contributed by atoms with van der Waals surface area (Å²) in [4.78, 5) is 14.3. The number of nitrogens with one attached hydrogen (secondary N) is 1. The Labute approximate surface area is 145 Å². The third-order valence-corrected chi connectivity index (χ3v) is 5.21. The van der Waals surface area contributed by atoms with Gasteiger partial charge in [0.1, 0.15) is 5.75 Å². The fraction of sp³-hybridized carbons (Fsp3) is 0.632. The van der Waals surface area contributed by atoms with Gasteiger partial charge in [0.05, 0.1) is 19.8 Å². The summed E-state index contributed by atoms with van der Waals surface area (Å²) in [5.74, 6) is 0.804. The molecule has 0 bridgehead atoms. The van der Waals surface area contributed by atoms with Crippen LogP contribution in [0.2, 0.25) is 0 Å². The quantitative estimate of drug-likeness (QED) is 0.829. The maximum atomic E-state index is 12.6. The predicted octanol–water partition coefficient (Wildman–Crippen LogP) is 3.60. The molecule has 1 aromatic carbocycles. The lowest BCUT2D eigenvalue weighted by Crippen LogP contribution is -2.44. The number of hydrogen-bond acceptors (Lipinski definition) is 3. The first-order valence-corrected chi connectivity index (χ1v) is 8.65. The van der Waals surface area contributed by atoms with E-state index >= 15 is 0 Å². The summed E-state index contributed by atoms with van der Waals surface area (Å²) in [6.45, 7) is 3.41. The van der Waals surface area contributed by atoms with Gasteiger partial charge in [0.25, 0.3) is 0 Å². The molecule has 1 N–H and O–H groups in total. The Morgan fingerprint density at radius 2 is 2.04 bits per heavy atom. The van der Waals surface area contributed by atoms with E-state index in [0.29, 0.717) is 13.2 Å². The van der Waals surface area contributed by atoms with Gasteiger partial charge in [-0.2, -0.15) is 0 Å². The average molecular weight is 334 g/mol. The molecule has 1 saturated carbocycles. The SMILES string of the molecule is COCC1(CNC(=O)N(C)[C@@H](C)c2cccc(OC)c2)CCCC1. The molecule has 0 heterocycles. The molecule has 1 aliphatic rings. The third-order valence-electron chi connectivity index (χ3n) is 5.21. The molecule has 1 fully saturated rings. The molecule has 0 radical (unpaired) electrons. The van der Waals surface area contributed by atoms with Crippen molar-refractivity contribution >= 4 is 6.03 Å². The van der Waals surface area contributed by atoms with Crippen LogP contribution in [0, 0.1) is 5.41 Å². The van der Waals surface area contributed by atoms with Crippen molar-refractivity contribution in [2.75, 3.05) is 34.4 Å². The van der Waals surface area contributed by atoms with Gasteiger partial charge in [0.15, 0.2) is 0 Å². The minimum atomic E-state index is -0.0484. The van der Waals surface area contributed by atoms with E-state index in [2.05, 4.69) is 5.32 Å². The van der Waals surface area contributed by atoms with Gasteiger partial charge in [0.2, 0.25) is 0 Å². The fourth-order valence-electron chi connectivity index (χ4n) is 3.49. The molecule has 1 aliphatic carbocycles. The zero-order chi connectivity index (χ0) is 17.6. The number of rotatable bonds is 7. The summed E-state index contributed by atoms with van der Waals surface area (Å²) in [5, 5.41) is 3.11. The summed E-state index contributed by atoms with van der Waals surface area (Å²) in [5.41, 5.74) is 1.16. The van der Waals surface area contributed by atoms with E-state index in [9.17, 15) is 4.79 Å². The van der Waals surface area contributed by atoms with Gasteiger partial charge in [-0.25, -0.2) is 4.79 Å². The Morgan fingerprint density at radius 1 is 1.33 bits per heavy atom. The molecule has 5 nitrogen and oxygen atoms in total. The number of methoxy groups -OCH3 is 2. The Hall–Kier alpha value is -1.75. The van der Waals surface area contributed by atoms with Crippen LogP contribution in [0.25, 0.3) is 0 Å². The van der Waals surface area contributed by atoms with Crippen molar-refractivity contribution in [3.63, 3.8) is 0 Å². The first kappa shape index (κ1) is 18.6. The van der Waals surface area contributed by atoms with Crippen LogP contribution in [-0.2, 0) is 4.74 Å². The monoisotopic (exact) mass is 334 g/mol. The van der Waals surface area contributed by atoms with E-state index in [4.69, 9.17) is 9.47 Å². The molecule has 0 saturated heterocycles. The van der Waals surface area contributed by atoms with Crippen molar-refractivity contribution < 1.29 is 14.3 Å². The van der Waals surface area contributed by atoms with Crippen molar-refractivity contribution in [1.29, 1.82) is 0 Å². The molecular weight excluding hydrogens is 304 g/mol. The second-order valence-corrected chi connectivity index (χ2v) is 6.86. The lowest BCUT2D eigenvalue weighted by molar-refractivity contribution is 0.0824. The Balaban J connectivity index is 1.95. The number of amides is 2. The van der Waals surface area contributed by atoms with Gasteiger partial charge in [-0.15, -0.1) is 0 Å². The summed E-state index contributed by atoms with van der Waals surface area (Å²) in [7, 11) is 5.22. The van der Waals surface area contributed by atoms with Gasteiger partial charge in [0, 0.05) is 26.1 Å². The Morgan fingerprint density at radius 3 is 2.67 bits per heavy atom. The highest BCUT2D eigenvalue weighted by atomic mass is 16.5. The lowest BCUT2D eigenvalue weighted by Gasteiger charge is -2.31. The van der Waals surface area contributed by atoms with Gasteiger partial charge in [-0.05, 0) is 37.5 Å². The molecule has 1 aromatic rings. The van der Waals surface area contributed by atoms with E-state index in [1.165, 1.54) is 12.8 Å². The van der Waals surface area contributed by atoms with Crippen molar-refractivity contribution in [2.24, 2.45) is 5.41 Å². The van der Waals surface area contributed by atoms with Crippen molar-refractivity contribution in [2.45, 2.75) is 38.6 Å². The molecule has 134 valence electrons. The molecule has 0 aromatic heterocycles. The summed E-state index contributed by atoms with van der Waals surface area (Å²) >= 11 is 0. The molecule has 2 amide bonds. The highest BCUT2D eigenvalue weighted by Crippen LogP contribution is 2.37. The minimum absolute atomic E-state index is 0.0259. The molecule has 0 aliphatic heterocycles. The van der Waals surface area contributed by atoms with Crippen LogP contribution in [0.1, 0.15) is 44.2 Å². The maximum absolute atomic E-state index is 12.6. The Bertz CT molecular complexity index is 541. The second kappa shape index (κ2) is 8.38. The highest BCUT2D eigenvalue weighted by molar-refractivity contribution is 5.74. The van der Waals surface area contributed by atoms with Gasteiger partial charge in [-0.3, -0.25) is 0 Å².